The summed E-state index contributed by atoms with van der Waals surface area (Å²) >= 11 is 0. The quantitative estimate of drug-likeness (QED) is 0.848. The minimum Gasteiger partial charge on any atom is -0.464 e. The van der Waals surface area contributed by atoms with Gasteiger partial charge in [0.25, 0.3) is 0 Å². The minimum absolute atomic E-state index is 0.0454. The molecule has 0 bridgehead atoms. The van der Waals surface area contributed by atoms with E-state index in [9.17, 15) is 4.79 Å². The van der Waals surface area contributed by atoms with Crippen molar-refractivity contribution < 1.29 is 9.21 Å². The summed E-state index contributed by atoms with van der Waals surface area (Å²) in [6, 6.07) is 3.83. The molecule has 2 N–H and O–H groups in total. The highest BCUT2D eigenvalue weighted by atomic mass is 16.3. The molecule has 1 unspecified atom stereocenters. The summed E-state index contributed by atoms with van der Waals surface area (Å²) in [5.41, 5.74) is 5.82. The third-order valence-corrected chi connectivity index (χ3v) is 3.15. The molecule has 1 aromatic rings. The molecule has 0 saturated heterocycles. The van der Waals surface area contributed by atoms with Gasteiger partial charge in [0.15, 0.2) is 0 Å². The molecular weight excluding hydrogens is 216 g/mol. The summed E-state index contributed by atoms with van der Waals surface area (Å²) < 4.78 is 5.52. The van der Waals surface area contributed by atoms with Gasteiger partial charge in [-0.3, -0.25) is 4.79 Å². The highest BCUT2D eigenvalue weighted by Gasteiger charge is 2.34. The maximum absolute atomic E-state index is 12.1. The Morgan fingerprint density at radius 1 is 1.59 bits per heavy atom. The van der Waals surface area contributed by atoms with Crippen molar-refractivity contribution in [3.05, 3.63) is 23.7 Å². The molecule has 0 aromatic carbocycles. The van der Waals surface area contributed by atoms with Crippen LogP contribution >= 0.6 is 0 Å². The number of rotatable bonds is 5. The van der Waals surface area contributed by atoms with Gasteiger partial charge in [-0.05, 0) is 38.3 Å². The topological polar surface area (TPSA) is 59.5 Å². The van der Waals surface area contributed by atoms with Crippen molar-refractivity contribution in [2.24, 2.45) is 5.73 Å². The lowest BCUT2D eigenvalue weighted by Gasteiger charge is -2.24. The normalized spacial score (nSPS) is 16.9. The molecule has 1 aliphatic carbocycles. The van der Waals surface area contributed by atoms with Crippen molar-refractivity contribution in [3.8, 4) is 0 Å². The van der Waals surface area contributed by atoms with Gasteiger partial charge in [0.2, 0.25) is 5.91 Å². The Labute approximate surface area is 102 Å². The van der Waals surface area contributed by atoms with E-state index in [0.29, 0.717) is 19.0 Å². The first kappa shape index (κ1) is 12.2. The van der Waals surface area contributed by atoms with Crippen LogP contribution in [0.25, 0.3) is 0 Å². The van der Waals surface area contributed by atoms with Crippen molar-refractivity contribution in [2.45, 2.75) is 51.7 Å². The maximum Gasteiger partial charge on any atom is 0.240 e. The van der Waals surface area contributed by atoms with Crippen LogP contribution in [0.1, 0.15) is 37.7 Å². The molecule has 1 heterocycles. The number of furan rings is 1. The predicted molar refractivity (Wildman–Crippen MR) is 65.3 cm³/mol. The van der Waals surface area contributed by atoms with Gasteiger partial charge in [0.05, 0.1) is 12.6 Å². The first-order valence-electron chi connectivity index (χ1n) is 6.23. The van der Waals surface area contributed by atoms with E-state index in [4.69, 9.17) is 10.2 Å². The van der Waals surface area contributed by atoms with E-state index in [1.54, 1.807) is 0 Å². The van der Waals surface area contributed by atoms with Crippen LogP contribution in [0.2, 0.25) is 0 Å². The number of aryl methyl sites for hydroxylation is 1. The summed E-state index contributed by atoms with van der Waals surface area (Å²) in [6.07, 6.45) is 2.85. The number of nitrogens with zero attached hydrogens (tertiary/aromatic N) is 1. The standard InChI is InChI=1S/C13H20N2O2/c1-3-12(14)13(16)15(10-5-6-10)8-11-7-4-9(2)17-11/h4,7,10,12H,3,5-6,8,14H2,1-2H3. The monoisotopic (exact) mass is 236 g/mol. The number of carbonyl (C=O) groups excluding carboxylic acids is 1. The molecule has 0 radical (unpaired) electrons. The molecule has 2 rings (SSSR count). The Kier molecular flexibility index (Phi) is 3.52. The summed E-state index contributed by atoms with van der Waals surface area (Å²) in [7, 11) is 0. The molecule has 1 atom stereocenters. The lowest BCUT2D eigenvalue weighted by atomic mass is 10.2. The molecule has 0 spiro atoms. The number of amides is 1. The van der Waals surface area contributed by atoms with Gasteiger partial charge in [-0.2, -0.15) is 0 Å². The van der Waals surface area contributed by atoms with Crippen LogP contribution in [-0.4, -0.2) is 22.9 Å². The predicted octanol–water partition coefficient (Wildman–Crippen LogP) is 1.82. The Balaban J connectivity index is 2.05. The second-order valence-corrected chi connectivity index (χ2v) is 4.72. The molecule has 1 aromatic heterocycles. The van der Waals surface area contributed by atoms with Crippen molar-refractivity contribution in [1.82, 2.24) is 4.90 Å². The van der Waals surface area contributed by atoms with Crippen LogP contribution < -0.4 is 5.73 Å². The van der Waals surface area contributed by atoms with Crippen molar-refractivity contribution in [3.63, 3.8) is 0 Å². The fraction of sp³-hybridized carbons (Fsp3) is 0.615. The molecule has 4 nitrogen and oxygen atoms in total. The molecule has 1 saturated carbocycles. The number of hydrogen-bond acceptors (Lipinski definition) is 3. The highest BCUT2D eigenvalue weighted by molar-refractivity contribution is 5.82. The van der Waals surface area contributed by atoms with Crippen LogP contribution in [0.3, 0.4) is 0 Å². The zero-order valence-electron chi connectivity index (χ0n) is 10.5. The zero-order valence-corrected chi connectivity index (χ0v) is 10.5. The Morgan fingerprint density at radius 2 is 2.29 bits per heavy atom. The van der Waals surface area contributed by atoms with E-state index in [-0.39, 0.29) is 11.9 Å². The van der Waals surface area contributed by atoms with Gasteiger partial charge in [-0.15, -0.1) is 0 Å². The lowest BCUT2D eigenvalue weighted by Crippen LogP contribution is -2.44. The Hall–Kier alpha value is -1.29. The van der Waals surface area contributed by atoms with E-state index in [1.807, 2.05) is 30.9 Å². The van der Waals surface area contributed by atoms with E-state index < -0.39 is 0 Å². The second kappa shape index (κ2) is 4.92. The van der Waals surface area contributed by atoms with Crippen LogP contribution in [0.15, 0.2) is 16.5 Å². The van der Waals surface area contributed by atoms with Gasteiger partial charge in [-0.25, -0.2) is 0 Å². The van der Waals surface area contributed by atoms with Crippen LogP contribution in [0.5, 0.6) is 0 Å². The molecular formula is C13H20N2O2. The largest absolute Gasteiger partial charge is 0.464 e. The summed E-state index contributed by atoms with van der Waals surface area (Å²) in [4.78, 5) is 14.0. The van der Waals surface area contributed by atoms with Gasteiger partial charge in [-0.1, -0.05) is 6.92 Å². The van der Waals surface area contributed by atoms with Gasteiger partial charge in [0, 0.05) is 6.04 Å². The van der Waals surface area contributed by atoms with Crippen LogP contribution in [0, 0.1) is 6.92 Å². The molecule has 17 heavy (non-hydrogen) atoms. The lowest BCUT2D eigenvalue weighted by molar-refractivity contribution is -0.134. The summed E-state index contributed by atoms with van der Waals surface area (Å²) in [5, 5.41) is 0. The summed E-state index contributed by atoms with van der Waals surface area (Å²) in [5.74, 6) is 1.76. The molecule has 0 aliphatic heterocycles. The van der Waals surface area contributed by atoms with Crippen molar-refractivity contribution in [2.75, 3.05) is 0 Å². The first-order chi connectivity index (χ1) is 8.11. The number of nitrogens with two attached hydrogens (primary N) is 1. The third-order valence-electron chi connectivity index (χ3n) is 3.15. The zero-order chi connectivity index (χ0) is 12.4. The Bertz CT molecular complexity index is 396. The van der Waals surface area contributed by atoms with E-state index in [1.165, 1.54) is 0 Å². The molecule has 4 heteroatoms. The van der Waals surface area contributed by atoms with E-state index in [2.05, 4.69) is 0 Å². The molecule has 94 valence electrons. The SMILES string of the molecule is CCC(N)C(=O)N(Cc1ccc(C)o1)C1CC1. The smallest absolute Gasteiger partial charge is 0.240 e. The minimum atomic E-state index is -0.383. The third kappa shape index (κ3) is 2.88. The maximum atomic E-state index is 12.1. The molecule has 1 aliphatic rings. The van der Waals surface area contributed by atoms with Gasteiger partial charge in [0.1, 0.15) is 11.5 Å². The Morgan fingerprint density at radius 3 is 2.76 bits per heavy atom. The second-order valence-electron chi connectivity index (χ2n) is 4.72. The fourth-order valence-corrected chi connectivity index (χ4v) is 1.90. The first-order valence-corrected chi connectivity index (χ1v) is 6.23. The number of carbonyl (C=O) groups is 1. The van der Waals surface area contributed by atoms with Crippen LogP contribution in [0.4, 0.5) is 0 Å². The van der Waals surface area contributed by atoms with Gasteiger partial charge >= 0.3 is 0 Å². The molecule has 1 amide bonds. The highest BCUT2D eigenvalue weighted by Crippen LogP contribution is 2.29. The fourth-order valence-electron chi connectivity index (χ4n) is 1.90. The average Bonchev–Trinajstić information content (AvgIpc) is 3.08. The number of hydrogen-bond donors (Lipinski definition) is 1. The van der Waals surface area contributed by atoms with E-state index in [0.717, 1.165) is 24.4 Å². The molecule has 1 fully saturated rings. The summed E-state index contributed by atoms with van der Waals surface area (Å²) in [6.45, 7) is 4.39. The van der Waals surface area contributed by atoms with Crippen LogP contribution in [-0.2, 0) is 11.3 Å². The van der Waals surface area contributed by atoms with Crippen molar-refractivity contribution >= 4 is 5.91 Å². The van der Waals surface area contributed by atoms with Crippen molar-refractivity contribution in [1.29, 1.82) is 0 Å². The van der Waals surface area contributed by atoms with E-state index >= 15 is 0 Å². The van der Waals surface area contributed by atoms with Gasteiger partial charge < -0.3 is 15.1 Å². The average molecular weight is 236 g/mol.